The number of benzene rings is 1. The fourth-order valence-electron chi connectivity index (χ4n) is 2.06. The molecule has 0 atom stereocenters. The lowest BCUT2D eigenvalue weighted by Crippen LogP contribution is -2.30. The normalized spacial score (nSPS) is 12.2. The summed E-state index contributed by atoms with van der Waals surface area (Å²) in [5.74, 6) is 0.325. The minimum Gasteiger partial charge on any atom is -0.382 e. The summed E-state index contributed by atoms with van der Waals surface area (Å²) >= 11 is 0. The summed E-state index contributed by atoms with van der Waals surface area (Å²) in [5.41, 5.74) is 1.66. The lowest BCUT2D eigenvalue weighted by molar-refractivity contribution is 0.142. The van der Waals surface area contributed by atoms with E-state index in [4.69, 9.17) is 4.74 Å². The highest BCUT2D eigenvalue weighted by Gasteiger charge is 2.18. The Hall–Kier alpha value is -1.64. The standard InChI is InChI=1S/C14H22N4O3S/c1-4-21-11-7-10-18-13-9-6-5-8-12(13)15-14(18)16-22(19,20)17(2)3/h5-6,8-9H,4,7,10-11H2,1-3H3,(H,15,16). The summed E-state index contributed by atoms with van der Waals surface area (Å²) in [6.45, 7) is 3.88. The van der Waals surface area contributed by atoms with Crippen LogP contribution in [0.4, 0.5) is 5.95 Å². The van der Waals surface area contributed by atoms with Crippen molar-refractivity contribution in [3.8, 4) is 0 Å². The molecule has 0 amide bonds. The molecule has 0 saturated heterocycles. The molecule has 0 aliphatic rings. The van der Waals surface area contributed by atoms with Crippen LogP contribution >= 0.6 is 0 Å². The van der Waals surface area contributed by atoms with Crippen LogP contribution in [0, 0.1) is 0 Å². The van der Waals surface area contributed by atoms with Gasteiger partial charge in [0.1, 0.15) is 0 Å². The lowest BCUT2D eigenvalue weighted by atomic mass is 10.3. The number of aryl methyl sites for hydroxylation is 1. The predicted molar refractivity (Wildman–Crippen MR) is 87.1 cm³/mol. The molecule has 1 aromatic heterocycles. The maximum Gasteiger partial charge on any atom is 0.303 e. The number of nitrogens with one attached hydrogen (secondary N) is 1. The van der Waals surface area contributed by atoms with Gasteiger partial charge in [0.2, 0.25) is 5.95 Å². The highest BCUT2D eigenvalue weighted by Crippen LogP contribution is 2.21. The minimum absolute atomic E-state index is 0.325. The number of fused-ring (bicyclic) bond motifs is 1. The fraction of sp³-hybridized carbons (Fsp3) is 0.500. The smallest absolute Gasteiger partial charge is 0.303 e. The molecule has 0 spiro atoms. The van der Waals surface area contributed by atoms with E-state index in [1.165, 1.54) is 14.1 Å². The molecule has 0 bridgehead atoms. The number of imidazole rings is 1. The van der Waals surface area contributed by atoms with Crippen molar-refractivity contribution < 1.29 is 13.2 Å². The average molecular weight is 326 g/mol. The third kappa shape index (κ3) is 3.76. The molecule has 0 aliphatic carbocycles. The number of para-hydroxylation sites is 2. The Balaban J connectivity index is 2.31. The van der Waals surface area contributed by atoms with Gasteiger partial charge in [0, 0.05) is 33.9 Å². The Bertz CT molecular complexity index is 725. The van der Waals surface area contributed by atoms with Crippen molar-refractivity contribution >= 4 is 27.2 Å². The highest BCUT2D eigenvalue weighted by molar-refractivity contribution is 7.90. The van der Waals surface area contributed by atoms with Crippen LogP contribution in [0.15, 0.2) is 24.3 Å². The number of nitrogens with zero attached hydrogens (tertiary/aromatic N) is 3. The van der Waals surface area contributed by atoms with E-state index < -0.39 is 10.2 Å². The maximum absolute atomic E-state index is 12.0. The van der Waals surface area contributed by atoms with Crippen LogP contribution in [0.5, 0.6) is 0 Å². The highest BCUT2D eigenvalue weighted by atomic mass is 32.2. The molecule has 2 aromatic rings. The molecule has 1 heterocycles. The summed E-state index contributed by atoms with van der Waals surface area (Å²) in [6.07, 6.45) is 0.783. The van der Waals surface area contributed by atoms with Crippen LogP contribution in [-0.4, -0.2) is 49.6 Å². The molecule has 0 unspecified atom stereocenters. The van der Waals surface area contributed by atoms with E-state index in [0.717, 1.165) is 21.8 Å². The van der Waals surface area contributed by atoms with E-state index in [-0.39, 0.29) is 0 Å². The van der Waals surface area contributed by atoms with Crippen molar-refractivity contribution in [2.75, 3.05) is 32.0 Å². The van der Waals surface area contributed by atoms with Crippen molar-refractivity contribution in [1.82, 2.24) is 13.9 Å². The maximum atomic E-state index is 12.0. The van der Waals surface area contributed by atoms with Crippen molar-refractivity contribution in [3.63, 3.8) is 0 Å². The second-order valence-corrected chi connectivity index (χ2v) is 6.90. The second-order valence-electron chi connectivity index (χ2n) is 5.02. The molecule has 0 saturated carbocycles. The van der Waals surface area contributed by atoms with Crippen molar-refractivity contribution in [2.45, 2.75) is 19.9 Å². The Labute approximate surface area is 131 Å². The number of hydrogen-bond donors (Lipinski definition) is 1. The Morgan fingerprint density at radius 3 is 2.73 bits per heavy atom. The molecule has 0 fully saturated rings. The number of anilines is 1. The van der Waals surface area contributed by atoms with Gasteiger partial charge in [0.25, 0.3) is 0 Å². The Morgan fingerprint density at radius 2 is 2.05 bits per heavy atom. The first kappa shape index (κ1) is 16.7. The second kappa shape index (κ2) is 7.08. The van der Waals surface area contributed by atoms with Gasteiger partial charge in [0.05, 0.1) is 11.0 Å². The van der Waals surface area contributed by atoms with Gasteiger partial charge < -0.3 is 9.30 Å². The van der Waals surface area contributed by atoms with Crippen LogP contribution in [-0.2, 0) is 21.5 Å². The zero-order valence-corrected chi connectivity index (χ0v) is 13.9. The van der Waals surface area contributed by atoms with E-state index in [0.29, 0.717) is 25.7 Å². The molecular weight excluding hydrogens is 304 g/mol. The SMILES string of the molecule is CCOCCCn1c(NS(=O)(=O)N(C)C)nc2ccccc21. The van der Waals surface area contributed by atoms with Crippen molar-refractivity contribution in [1.29, 1.82) is 0 Å². The van der Waals surface area contributed by atoms with Crippen LogP contribution in [0.3, 0.4) is 0 Å². The molecule has 0 aliphatic heterocycles. The van der Waals surface area contributed by atoms with Gasteiger partial charge in [0.15, 0.2) is 0 Å². The van der Waals surface area contributed by atoms with Gasteiger partial charge in [-0.2, -0.15) is 12.7 Å². The Morgan fingerprint density at radius 1 is 1.32 bits per heavy atom. The number of hydrogen-bond acceptors (Lipinski definition) is 4. The Kier molecular flexibility index (Phi) is 5.38. The van der Waals surface area contributed by atoms with E-state index in [2.05, 4.69) is 9.71 Å². The summed E-state index contributed by atoms with van der Waals surface area (Å²) in [7, 11) is -0.635. The number of rotatable bonds is 8. The predicted octanol–water partition coefficient (Wildman–Crippen LogP) is 1.68. The summed E-state index contributed by atoms with van der Waals surface area (Å²) in [6, 6.07) is 7.58. The van der Waals surface area contributed by atoms with Crippen LogP contribution in [0.2, 0.25) is 0 Å². The van der Waals surface area contributed by atoms with E-state index >= 15 is 0 Å². The first-order valence-corrected chi connectivity index (χ1v) is 8.63. The molecule has 1 aromatic carbocycles. The monoisotopic (exact) mass is 326 g/mol. The zero-order valence-electron chi connectivity index (χ0n) is 13.1. The van der Waals surface area contributed by atoms with Crippen LogP contribution in [0.25, 0.3) is 11.0 Å². The van der Waals surface area contributed by atoms with Gasteiger partial charge in [-0.05, 0) is 25.5 Å². The van der Waals surface area contributed by atoms with E-state index in [1.807, 2.05) is 35.8 Å². The van der Waals surface area contributed by atoms with E-state index in [1.54, 1.807) is 0 Å². The molecule has 22 heavy (non-hydrogen) atoms. The van der Waals surface area contributed by atoms with Gasteiger partial charge in [-0.3, -0.25) is 0 Å². The van der Waals surface area contributed by atoms with Gasteiger partial charge in [-0.1, -0.05) is 12.1 Å². The molecule has 7 nitrogen and oxygen atoms in total. The molecule has 0 radical (unpaired) electrons. The number of ether oxygens (including phenoxy) is 1. The van der Waals surface area contributed by atoms with Crippen LogP contribution in [0.1, 0.15) is 13.3 Å². The zero-order chi connectivity index (χ0) is 16.2. The van der Waals surface area contributed by atoms with E-state index in [9.17, 15) is 8.42 Å². The first-order valence-electron chi connectivity index (χ1n) is 7.19. The third-order valence-electron chi connectivity index (χ3n) is 3.23. The fourth-order valence-corrected chi connectivity index (χ4v) is 2.62. The van der Waals surface area contributed by atoms with Gasteiger partial charge >= 0.3 is 10.2 Å². The molecule has 2 rings (SSSR count). The summed E-state index contributed by atoms with van der Waals surface area (Å²) in [4.78, 5) is 4.38. The largest absolute Gasteiger partial charge is 0.382 e. The van der Waals surface area contributed by atoms with Crippen molar-refractivity contribution in [3.05, 3.63) is 24.3 Å². The first-order chi connectivity index (χ1) is 10.5. The third-order valence-corrected chi connectivity index (χ3v) is 4.63. The summed E-state index contributed by atoms with van der Waals surface area (Å²) in [5, 5.41) is 0. The van der Waals surface area contributed by atoms with Gasteiger partial charge in [-0.25, -0.2) is 9.71 Å². The molecule has 122 valence electrons. The molecule has 8 heteroatoms. The van der Waals surface area contributed by atoms with Gasteiger partial charge in [-0.15, -0.1) is 0 Å². The lowest BCUT2D eigenvalue weighted by Gasteiger charge is -2.14. The summed E-state index contributed by atoms with van der Waals surface area (Å²) < 4.78 is 34.9. The quantitative estimate of drug-likeness (QED) is 0.749. The molecule has 1 N–H and O–H groups in total. The topological polar surface area (TPSA) is 76.5 Å². The number of aromatic nitrogens is 2. The molecular formula is C14H22N4O3S. The van der Waals surface area contributed by atoms with Crippen molar-refractivity contribution in [2.24, 2.45) is 0 Å². The minimum atomic E-state index is -3.59. The average Bonchev–Trinajstić information content (AvgIpc) is 2.80. The van der Waals surface area contributed by atoms with Crippen LogP contribution < -0.4 is 4.72 Å².